The number of hydrogen-bond donors (Lipinski definition) is 2. The van der Waals surface area contributed by atoms with Gasteiger partial charge in [-0.15, -0.1) is 0 Å². The Morgan fingerprint density at radius 2 is 1.64 bits per heavy atom. The Hall–Kier alpha value is -3.92. The summed E-state index contributed by atoms with van der Waals surface area (Å²) in [5.74, 6) is -0.228. The number of fused-ring (bicyclic) bond motifs is 1. The van der Waals surface area contributed by atoms with Gasteiger partial charge in [0.05, 0.1) is 5.52 Å². The summed E-state index contributed by atoms with van der Waals surface area (Å²) >= 11 is 0. The van der Waals surface area contributed by atoms with Crippen molar-refractivity contribution >= 4 is 33.9 Å². The van der Waals surface area contributed by atoms with Crippen LogP contribution in [0.1, 0.15) is 0 Å². The van der Waals surface area contributed by atoms with Crippen LogP contribution < -0.4 is 10.6 Å². The van der Waals surface area contributed by atoms with Gasteiger partial charge in [-0.1, -0.05) is 43.0 Å². The quantitative estimate of drug-likeness (QED) is 0.441. The van der Waals surface area contributed by atoms with E-state index >= 15 is 0 Å². The Morgan fingerprint density at radius 1 is 0.857 bits per heavy atom. The molecule has 0 radical (unpaired) electrons. The molecule has 4 rings (SSSR count). The van der Waals surface area contributed by atoms with Crippen LogP contribution >= 0.6 is 0 Å². The Balaban J connectivity index is 1.73. The molecule has 4 heteroatoms. The summed E-state index contributed by atoms with van der Waals surface area (Å²) in [6, 6.07) is 25.9. The summed E-state index contributed by atoms with van der Waals surface area (Å²) in [7, 11) is 0. The number of nitrogens with zero attached hydrogens (tertiary/aromatic N) is 1. The lowest BCUT2D eigenvalue weighted by atomic mass is 10.0. The normalized spacial score (nSPS) is 10.4. The van der Waals surface area contributed by atoms with Crippen LogP contribution in [0, 0.1) is 0 Å². The Labute approximate surface area is 163 Å². The highest BCUT2D eigenvalue weighted by Crippen LogP contribution is 2.30. The highest BCUT2D eigenvalue weighted by molar-refractivity contribution is 5.99. The Kier molecular flexibility index (Phi) is 4.85. The average Bonchev–Trinajstić information content (AvgIpc) is 2.74. The second kappa shape index (κ2) is 7.76. The van der Waals surface area contributed by atoms with Crippen LogP contribution in [-0.4, -0.2) is 10.9 Å². The number of carbonyl (C=O) groups is 1. The molecular weight excluding hydrogens is 346 g/mol. The lowest BCUT2D eigenvalue weighted by molar-refractivity contribution is -0.111. The van der Waals surface area contributed by atoms with Gasteiger partial charge < -0.3 is 10.6 Å². The molecule has 0 saturated carbocycles. The van der Waals surface area contributed by atoms with E-state index in [9.17, 15) is 4.79 Å². The number of benzene rings is 3. The van der Waals surface area contributed by atoms with Crippen molar-refractivity contribution < 1.29 is 4.79 Å². The number of anilines is 3. The summed E-state index contributed by atoms with van der Waals surface area (Å²) in [5, 5.41) is 7.30. The molecule has 1 aromatic heterocycles. The molecule has 0 aliphatic rings. The molecule has 2 N–H and O–H groups in total. The van der Waals surface area contributed by atoms with E-state index in [1.54, 1.807) is 6.20 Å². The van der Waals surface area contributed by atoms with Gasteiger partial charge in [0.15, 0.2) is 0 Å². The largest absolute Gasteiger partial charge is 0.355 e. The van der Waals surface area contributed by atoms with E-state index in [4.69, 9.17) is 0 Å². The smallest absolute Gasteiger partial charge is 0.247 e. The molecule has 4 nitrogen and oxygen atoms in total. The van der Waals surface area contributed by atoms with Gasteiger partial charge in [0.1, 0.15) is 0 Å². The van der Waals surface area contributed by atoms with Crippen LogP contribution in [0.15, 0.2) is 97.7 Å². The standard InChI is InChI=1S/C24H19N3O/c1-2-24(28)27-20-10-6-7-17(15-20)18-11-12-22-21(16-18)23(13-14-25-22)26-19-8-4-3-5-9-19/h2-16H,1H2,(H,25,26)(H,27,28). The lowest BCUT2D eigenvalue weighted by Gasteiger charge is -2.11. The van der Waals surface area contributed by atoms with Crippen molar-refractivity contribution in [1.29, 1.82) is 0 Å². The number of amides is 1. The minimum atomic E-state index is -0.228. The van der Waals surface area contributed by atoms with Crippen LogP contribution in [0.2, 0.25) is 0 Å². The Morgan fingerprint density at radius 3 is 2.46 bits per heavy atom. The molecule has 1 heterocycles. The molecule has 0 fully saturated rings. The molecule has 0 saturated heterocycles. The van der Waals surface area contributed by atoms with E-state index in [2.05, 4.69) is 28.3 Å². The van der Waals surface area contributed by atoms with Crippen LogP contribution in [0.25, 0.3) is 22.0 Å². The fraction of sp³-hybridized carbons (Fsp3) is 0. The maximum Gasteiger partial charge on any atom is 0.247 e. The van der Waals surface area contributed by atoms with Gasteiger partial charge in [-0.05, 0) is 59.7 Å². The summed E-state index contributed by atoms with van der Waals surface area (Å²) in [4.78, 5) is 16.1. The number of hydrogen-bond acceptors (Lipinski definition) is 3. The van der Waals surface area contributed by atoms with E-state index in [1.807, 2.05) is 72.8 Å². The molecular formula is C24H19N3O. The second-order valence-electron chi connectivity index (χ2n) is 6.36. The summed E-state index contributed by atoms with van der Waals surface area (Å²) in [6.07, 6.45) is 3.06. The molecule has 0 aliphatic heterocycles. The van der Waals surface area contributed by atoms with Crippen molar-refractivity contribution in [2.75, 3.05) is 10.6 Å². The molecule has 0 spiro atoms. The number of para-hydroxylation sites is 1. The van der Waals surface area contributed by atoms with Gasteiger partial charge in [-0.25, -0.2) is 0 Å². The van der Waals surface area contributed by atoms with Crippen molar-refractivity contribution in [3.63, 3.8) is 0 Å². The van der Waals surface area contributed by atoms with E-state index < -0.39 is 0 Å². The van der Waals surface area contributed by atoms with Crippen molar-refractivity contribution in [2.24, 2.45) is 0 Å². The summed E-state index contributed by atoms with van der Waals surface area (Å²) < 4.78 is 0. The molecule has 4 aromatic rings. The van der Waals surface area contributed by atoms with Gasteiger partial charge in [-0.3, -0.25) is 9.78 Å². The highest BCUT2D eigenvalue weighted by Gasteiger charge is 2.07. The molecule has 136 valence electrons. The fourth-order valence-electron chi connectivity index (χ4n) is 3.08. The number of pyridine rings is 1. The van der Waals surface area contributed by atoms with E-state index in [-0.39, 0.29) is 5.91 Å². The zero-order chi connectivity index (χ0) is 19.3. The first kappa shape index (κ1) is 17.5. The Bertz CT molecular complexity index is 1150. The van der Waals surface area contributed by atoms with E-state index in [1.165, 1.54) is 6.08 Å². The van der Waals surface area contributed by atoms with Crippen molar-refractivity contribution in [2.45, 2.75) is 0 Å². The van der Waals surface area contributed by atoms with Gasteiger partial charge in [0, 0.05) is 28.6 Å². The molecule has 28 heavy (non-hydrogen) atoms. The summed E-state index contributed by atoms with van der Waals surface area (Å²) in [6.45, 7) is 3.49. The molecule has 0 unspecified atom stereocenters. The van der Waals surface area contributed by atoms with Gasteiger partial charge in [0.2, 0.25) is 5.91 Å². The van der Waals surface area contributed by atoms with Crippen LogP contribution in [0.5, 0.6) is 0 Å². The fourth-order valence-corrected chi connectivity index (χ4v) is 3.08. The first-order chi connectivity index (χ1) is 13.7. The first-order valence-electron chi connectivity index (χ1n) is 8.97. The molecule has 1 amide bonds. The number of rotatable bonds is 5. The molecule has 3 aromatic carbocycles. The van der Waals surface area contributed by atoms with Crippen LogP contribution in [0.4, 0.5) is 17.1 Å². The maximum absolute atomic E-state index is 11.6. The van der Waals surface area contributed by atoms with Crippen molar-refractivity contribution in [3.05, 3.63) is 97.7 Å². The zero-order valence-electron chi connectivity index (χ0n) is 15.2. The van der Waals surface area contributed by atoms with Gasteiger partial charge in [0.25, 0.3) is 0 Å². The third-order valence-electron chi connectivity index (χ3n) is 4.44. The minimum Gasteiger partial charge on any atom is -0.355 e. The summed E-state index contributed by atoms with van der Waals surface area (Å²) in [5.41, 5.74) is 5.73. The maximum atomic E-state index is 11.6. The lowest BCUT2D eigenvalue weighted by Crippen LogP contribution is -2.06. The zero-order valence-corrected chi connectivity index (χ0v) is 15.2. The van der Waals surface area contributed by atoms with Gasteiger partial charge >= 0.3 is 0 Å². The van der Waals surface area contributed by atoms with Crippen molar-refractivity contribution in [3.8, 4) is 11.1 Å². The second-order valence-corrected chi connectivity index (χ2v) is 6.36. The first-order valence-corrected chi connectivity index (χ1v) is 8.97. The number of carbonyl (C=O) groups excluding carboxylic acids is 1. The third kappa shape index (κ3) is 3.76. The molecule has 0 atom stereocenters. The van der Waals surface area contributed by atoms with Gasteiger partial charge in [-0.2, -0.15) is 0 Å². The molecule has 0 bridgehead atoms. The van der Waals surface area contributed by atoms with Crippen LogP contribution in [0.3, 0.4) is 0 Å². The number of aromatic nitrogens is 1. The predicted octanol–water partition coefficient (Wildman–Crippen LogP) is 5.77. The topological polar surface area (TPSA) is 54.0 Å². The van der Waals surface area contributed by atoms with E-state index in [0.29, 0.717) is 0 Å². The van der Waals surface area contributed by atoms with Crippen molar-refractivity contribution in [1.82, 2.24) is 4.98 Å². The highest BCUT2D eigenvalue weighted by atomic mass is 16.1. The SMILES string of the molecule is C=CC(=O)Nc1cccc(-c2ccc3nccc(Nc4ccccc4)c3c2)c1. The van der Waals surface area contributed by atoms with E-state index in [0.717, 1.165) is 39.1 Å². The van der Waals surface area contributed by atoms with Crippen LogP contribution in [-0.2, 0) is 4.79 Å². The monoisotopic (exact) mass is 365 g/mol. The minimum absolute atomic E-state index is 0.228. The molecule has 0 aliphatic carbocycles. The average molecular weight is 365 g/mol. The number of nitrogens with one attached hydrogen (secondary N) is 2. The third-order valence-corrected chi connectivity index (χ3v) is 4.44. The predicted molar refractivity (Wildman–Crippen MR) is 116 cm³/mol.